The molecular formula is C21H36IN5O. The van der Waals surface area contributed by atoms with Gasteiger partial charge in [-0.05, 0) is 44.0 Å². The first-order valence-electron chi connectivity index (χ1n) is 10.3. The molecule has 0 aliphatic carbocycles. The summed E-state index contributed by atoms with van der Waals surface area (Å²) in [7, 11) is 0. The highest BCUT2D eigenvalue weighted by atomic mass is 127. The molecule has 1 aliphatic rings. The van der Waals surface area contributed by atoms with Crippen molar-refractivity contribution < 1.29 is 4.79 Å². The van der Waals surface area contributed by atoms with Crippen molar-refractivity contribution in [3.8, 4) is 0 Å². The summed E-state index contributed by atoms with van der Waals surface area (Å²) in [6.45, 7) is 12.9. The molecule has 0 saturated carbocycles. The Labute approximate surface area is 187 Å². The van der Waals surface area contributed by atoms with Crippen molar-refractivity contribution in [1.82, 2.24) is 20.4 Å². The van der Waals surface area contributed by atoms with Crippen molar-refractivity contribution in [3.63, 3.8) is 0 Å². The summed E-state index contributed by atoms with van der Waals surface area (Å²) < 4.78 is 0. The molecule has 1 fully saturated rings. The van der Waals surface area contributed by atoms with Crippen LogP contribution in [0.5, 0.6) is 0 Å². The van der Waals surface area contributed by atoms with Gasteiger partial charge >= 0.3 is 0 Å². The fraction of sp³-hybridized carbons (Fsp3) is 0.619. The van der Waals surface area contributed by atoms with Gasteiger partial charge in [-0.2, -0.15) is 0 Å². The van der Waals surface area contributed by atoms with Crippen LogP contribution < -0.4 is 10.6 Å². The molecule has 1 aliphatic heterocycles. The Balaban J connectivity index is 0.00000392. The highest BCUT2D eigenvalue weighted by molar-refractivity contribution is 14.0. The molecule has 1 aromatic rings. The smallest absolute Gasteiger partial charge is 0.241 e. The maximum absolute atomic E-state index is 12.2. The number of nitrogens with zero attached hydrogens (tertiary/aromatic N) is 3. The number of benzene rings is 1. The molecule has 158 valence electrons. The summed E-state index contributed by atoms with van der Waals surface area (Å²) >= 11 is 0. The maximum atomic E-state index is 12.2. The van der Waals surface area contributed by atoms with Crippen molar-refractivity contribution in [2.75, 3.05) is 39.3 Å². The first-order valence-corrected chi connectivity index (χ1v) is 10.3. The predicted octanol–water partition coefficient (Wildman–Crippen LogP) is 2.82. The highest BCUT2D eigenvalue weighted by Crippen LogP contribution is 2.10. The van der Waals surface area contributed by atoms with Crippen molar-refractivity contribution in [3.05, 3.63) is 35.4 Å². The van der Waals surface area contributed by atoms with Crippen molar-refractivity contribution in [2.24, 2.45) is 4.99 Å². The molecule has 0 spiro atoms. The van der Waals surface area contributed by atoms with E-state index in [-0.39, 0.29) is 29.9 Å². The molecule has 0 unspecified atom stereocenters. The lowest BCUT2D eigenvalue weighted by atomic mass is 10.1. The predicted molar refractivity (Wildman–Crippen MR) is 127 cm³/mol. The van der Waals surface area contributed by atoms with E-state index in [0.29, 0.717) is 19.0 Å². The van der Waals surface area contributed by atoms with Gasteiger partial charge in [0.1, 0.15) is 0 Å². The number of likely N-dealkylation sites (tertiary alicyclic amines) is 1. The first kappa shape index (κ1) is 24.7. The van der Waals surface area contributed by atoms with Gasteiger partial charge in [0.05, 0.1) is 13.1 Å². The third kappa shape index (κ3) is 8.34. The normalized spacial score (nSPS) is 14.1. The molecule has 7 heteroatoms. The van der Waals surface area contributed by atoms with Crippen LogP contribution in [0, 0.1) is 0 Å². The molecule has 1 amide bonds. The largest absolute Gasteiger partial charge is 0.357 e. The lowest BCUT2D eigenvalue weighted by molar-refractivity contribution is -0.128. The summed E-state index contributed by atoms with van der Waals surface area (Å²) in [5.41, 5.74) is 2.50. The molecule has 0 aromatic heterocycles. The standard InChI is InChI=1S/C21H35N5O.HI/c1-4-22-21(24-16-20(27)26-12-7-8-13-26)23-15-18-10-9-11-19(14-18)17-25(5-2)6-3;/h9-11,14H,4-8,12-13,15-17H2,1-3H3,(H2,22,23,24);1H. The van der Waals surface area contributed by atoms with E-state index in [1.54, 1.807) is 0 Å². The van der Waals surface area contributed by atoms with Crippen molar-refractivity contribution in [2.45, 2.75) is 46.7 Å². The number of halogens is 1. The summed E-state index contributed by atoms with van der Waals surface area (Å²) in [5.74, 6) is 0.846. The fourth-order valence-electron chi connectivity index (χ4n) is 3.28. The Morgan fingerprint density at radius 3 is 2.43 bits per heavy atom. The second-order valence-corrected chi connectivity index (χ2v) is 6.92. The van der Waals surface area contributed by atoms with Crippen LogP contribution in [0.4, 0.5) is 0 Å². The zero-order chi connectivity index (χ0) is 19.5. The molecule has 0 atom stereocenters. The number of carbonyl (C=O) groups is 1. The molecule has 28 heavy (non-hydrogen) atoms. The minimum atomic E-state index is 0. The molecule has 1 aromatic carbocycles. The number of rotatable bonds is 9. The molecule has 6 nitrogen and oxygen atoms in total. The number of amides is 1. The first-order chi connectivity index (χ1) is 13.2. The van der Waals surface area contributed by atoms with Gasteiger partial charge in [0.15, 0.2) is 5.96 Å². The number of carbonyl (C=O) groups excluding carboxylic acids is 1. The average Bonchev–Trinajstić information content (AvgIpc) is 3.23. The third-order valence-corrected chi connectivity index (χ3v) is 4.92. The van der Waals surface area contributed by atoms with E-state index >= 15 is 0 Å². The Bertz CT molecular complexity index is 613. The molecule has 2 rings (SSSR count). The average molecular weight is 501 g/mol. The topological polar surface area (TPSA) is 60.0 Å². The van der Waals surface area contributed by atoms with Crippen LogP contribution in [-0.4, -0.2) is 60.9 Å². The van der Waals surface area contributed by atoms with Crippen LogP contribution in [0.1, 0.15) is 44.7 Å². The number of aliphatic imine (C=N–C) groups is 1. The van der Waals surface area contributed by atoms with Gasteiger partial charge in [-0.25, -0.2) is 4.99 Å². The molecule has 2 N–H and O–H groups in total. The lowest BCUT2D eigenvalue weighted by Crippen LogP contribution is -2.44. The van der Waals surface area contributed by atoms with E-state index < -0.39 is 0 Å². The Morgan fingerprint density at radius 2 is 1.79 bits per heavy atom. The summed E-state index contributed by atoms with van der Waals surface area (Å²) in [6, 6.07) is 8.60. The van der Waals surface area contributed by atoms with Gasteiger partial charge in [-0.1, -0.05) is 38.1 Å². The van der Waals surface area contributed by atoms with E-state index in [1.165, 1.54) is 11.1 Å². The zero-order valence-electron chi connectivity index (χ0n) is 17.5. The van der Waals surface area contributed by atoms with Crippen LogP contribution in [0.2, 0.25) is 0 Å². The number of hydrogen-bond donors (Lipinski definition) is 2. The zero-order valence-corrected chi connectivity index (χ0v) is 19.9. The fourth-order valence-corrected chi connectivity index (χ4v) is 3.28. The molecule has 1 saturated heterocycles. The molecular weight excluding hydrogens is 465 g/mol. The molecule has 0 bridgehead atoms. The Hall–Kier alpha value is -1.35. The quantitative estimate of drug-likeness (QED) is 0.311. The number of nitrogens with one attached hydrogen (secondary N) is 2. The summed E-state index contributed by atoms with van der Waals surface area (Å²) in [5, 5.41) is 6.40. The van der Waals surface area contributed by atoms with E-state index in [9.17, 15) is 4.79 Å². The Kier molecular flexibility index (Phi) is 12.1. The van der Waals surface area contributed by atoms with Gasteiger partial charge < -0.3 is 15.5 Å². The van der Waals surface area contributed by atoms with Crippen LogP contribution in [0.25, 0.3) is 0 Å². The van der Waals surface area contributed by atoms with Crippen LogP contribution in [-0.2, 0) is 17.9 Å². The third-order valence-electron chi connectivity index (χ3n) is 4.92. The second kappa shape index (κ2) is 13.8. The van der Waals surface area contributed by atoms with Gasteiger partial charge in [0, 0.05) is 26.2 Å². The monoisotopic (exact) mass is 501 g/mol. The van der Waals surface area contributed by atoms with Crippen LogP contribution >= 0.6 is 24.0 Å². The van der Waals surface area contributed by atoms with Crippen LogP contribution in [0.15, 0.2) is 29.3 Å². The van der Waals surface area contributed by atoms with E-state index in [4.69, 9.17) is 0 Å². The number of hydrogen-bond acceptors (Lipinski definition) is 3. The van der Waals surface area contributed by atoms with Gasteiger partial charge in [-0.15, -0.1) is 24.0 Å². The van der Waals surface area contributed by atoms with Crippen molar-refractivity contribution >= 4 is 35.8 Å². The Morgan fingerprint density at radius 1 is 1.11 bits per heavy atom. The lowest BCUT2D eigenvalue weighted by Gasteiger charge is -2.18. The van der Waals surface area contributed by atoms with E-state index in [1.807, 2.05) is 11.8 Å². The number of guanidine groups is 1. The minimum Gasteiger partial charge on any atom is -0.357 e. The van der Waals surface area contributed by atoms with E-state index in [0.717, 1.165) is 52.1 Å². The van der Waals surface area contributed by atoms with Gasteiger partial charge in [-0.3, -0.25) is 9.69 Å². The van der Waals surface area contributed by atoms with Gasteiger partial charge in [0.25, 0.3) is 0 Å². The SMILES string of the molecule is CCNC(=NCc1cccc(CN(CC)CC)c1)NCC(=O)N1CCCC1.I. The van der Waals surface area contributed by atoms with E-state index in [2.05, 4.69) is 58.6 Å². The van der Waals surface area contributed by atoms with Crippen LogP contribution in [0.3, 0.4) is 0 Å². The summed E-state index contributed by atoms with van der Waals surface area (Å²) in [6.07, 6.45) is 2.23. The minimum absolute atomic E-state index is 0. The second-order valence-electron chi connectivity index (χ2n) is 6.92. The molecule has 1 heterocycles. The summed E-state index contributed by atoms with van der Waals surface area (Å²) in [4.78, 5) is 21.2. The van der Waals surface area contributed by atoms with Gasteiger partial charge in [0.2, 0.25) is 5.91 Å². The highest BCUT2D eigenvalue weighted by Gasteiger charge is 2.17. The van der Waals surface area contributed by atoms with Crippen molar-refractivity contribution in [1.29, 1.82) is 0 Å². The molecule has 0 radical (unpaired) electrons. The maximum Gasteiger partial charge on any atom is 0.241 e.